The number of carboxylic acid groups (broad SMARTS) is 1. The first-order valence-electron chi connectivity index (χ1n) is 5.31. The van der Waals surface area contributed by atoms with Crippen LogP contribution in [0.1, 0.15) is 19.4 Å². The van der Waals surface area contributed by atoms with E-state index in [0.29, 0.717) is 5.69 Å². The molecule has 0 aliphatic carbocycles. The van der Waals surface area contributed by atoms with Crippen LogP contribution in [0.5, 0.6) is 0 Å². The minimum Gasteiger partial charge on any atom is -0.478 e. The van der Waals surface area contributed by atoms with E-state index in [0.717, 1.165) is 10.0 Å². The molecule has 18 heavy (non-hydrogen) atoms. The van der Waals surface area contributed by atoms with Gasteiger partial charge in [-0.3, -0.25) is 4.79 Å². The van der Waals surface area contributed by atoms with Crippen LogP contribution in [0.3, 0.4) is 0 Å². The Kier molecular flexibility index (Phi) is 4.67. The summed E-state index contributed by atoms with van der Waals surface area (Å²) in [6, 6.07) is 5.47. The third-order valence-electron chi connectivity index (χ3n) is 2.66. The van der Waals surface area contributed by atoms with E-state index in [9.17, 15) is 9.59 Å². The van der Waals surface area contributed by atoms with Gasteiger partial charge in [0, 0.05) is 15.6 Å². The van der Waals surface area contributed by atoms with Crippen molar-refractivity contribution < 1.29 is 14.7 Å². The summed E-state index contributed by atoms with van der Waals surface area (Å²) in [5, 5.41) is 11.5. The molecule has 0 radical (unpaired) electrons. The number of hydrogen-bond acceptors (Lipinski definition) is 2. The molecule has 96 valence electrons. The summed E-state index contributed by atoms with van der Waals surface area (Å²) in [6.07, 6.45) is 0. The van der Waals surface area contributed by atoms with E-state index >= 15 is 0 Å². The van der Waals surface area contributed by atoms with Crippen LogP contribution in [0.2, 0.25) is 0 Å². The minimum absolute atomic E-state index is 0.0382. The van der Waals surface area contributed by atoms with Crippen molar-refractivity contribution in [3.8, 4) is 0 Å². The van der Waals surface area contributed by atoms with E-state index in [2.05, 4.69) is 21.2 Å². The van der Waals surface area contributed by atoms with Crippen LogP contribution in [0.25, 0.3) is 0 Å². The average Bonchev–Trinajstić information content (AvgIpc) is 2.32. The Morgan fingerprint density at radius 1 is 1.22 bits per heavy atom. The smallest absolute Gasteiger partial charge is 0.331 e. The lowest BCUT2D eigenvalue weighted by Gasteiger charge is -2.10. The Morgan fingerprint density at radius 2 is 1.83 bits per heavy atom. The van der Waals surface area contributed by atoms with E-state index < -0.39 is 11.9 Å². The van der Waals surface area contributed by atoms with Gasteiger partial charge < -0.3 is 10.4 Å². The first kappa shape index (κ1) is 14.4. The molecule has 0 saturated carbocycles. The number of carbonyl (C=O) groups excluding carboxylic acids is 1. The molecule has 0 aliphatic heterocycles. The van der Waals surface area contributed by atoms with Gasteiger partial charge in [0.2, 0.25) is 0 Å². The Bertz CT molecular complexity index is 535. The zero-order chi connectivity index (χ0) is 13.9. The SMILES string of the molecule is C/C(C(=O)O)=C(/C)C(=O)Nc1cccc(C)c1Br. The topological polar surface area (TPSA) is 66.4 Å². The lowest BCUT2D eigenvalue weighted by molar-refractivity contribution is -0.133. The second kappa shape index (κ2) is 5.82. The fourth-order valence-corrected chi connectivity index (χ4v) is 1.65. The summed E-state index contributed by atoms with van der Waals surface area (Å²) in [4.78, 5) is 22.6. The van der Waals surface area contributed by atoms with Crippen molar-refractivity contribution in [1.29, 1.82) is 0 Å². The number of aryl methyl sites for hydroxylation is 1. The summed E-state index contributed by atoms with van der Waals surface area (Å²) in [7, 11) is 0. The Labute approximate surface area is 114 Å². The van der Waals surface area contributed by atoms with Gasteiger partial charge in [-0.25, -0.2) is 4.79 Å². The molecule has 1 amide bonds. The molecule has 1 aromatic carbocycles. The van der Waals surface area contributed by atoms with Crippen molar-refractivity contribution in [2.75, 3.05) is 5.32 Å². The molecule has 5 heteroatoms. The van der Waals surface area contributed by atoms with Gasteiger partial charge in [-0.05, 0) is 48.3 Å². The number of amides is 1. The van der Waals surface area contributed by atoms with Gasteiger partial charge in [-0.15, -0.1) is 0 Å². The summed E-state index contributed by atoms with van der Waals surface area (Å²) < 4.78 is 0.791. The van der Waals surface area contributed by atoms with Gasteiger partial charge in [0.1, 0.15) is 0 Å². The van der Waals surface area contributed by atoms with Gasteiger partial charge in [0.05, 0.1) is 5.69 Å². The number of aliphatic carboxylic acids is 1. The molecule has 1 rings (SSSR count). The molecule has 0 saturated heterocycles. The fourth-order valence-electron chi connectivity index (χ4n) is 1.29. The molecule has 0 spiro atoms. The van der Waals surface area contributed by atoms with Crippen LogP contribution in [-0.2, 0) is 9.59 Å². The number of anilines is 1. The van der Waals surface area contributed by atoms with Crippen LogP contribution in [0, 0.1) is 6.92 Å². The quantitative estimate of drug-likeness (QED) is 0.843. The lowest BCUT2D eigenvalue weighted by Crippen LogP contribution is -2.16. The first-order chi connectivity index (χ1) is 8.34. The van der Waals surface area contributed by atoms with E-state index in [1.807, 2.05) is 19.1 Å². The Balaban J connectivity index is 2.99. The summed E-state index contributed by atoms with van der Waals surface area (Å²) in [5.41, 5.74) is 1.84. The maximum absolute atomic E-state index is 11.9. The second-order valence-corrected chi connectivity index (χ2v) is 4.74. The number of carbonyl (C=O) groups is 2. The second-order valence-electron chi connectivity index (χ2n) is 3.95. The maximum Gasteiger partial charge on any atom is 0.331 e. The fraction of sp³-hybridized carbons (Fsp3) is 0.231. The predicted molar refractivity (Wildman–Crippen MR) is 73.5 cm³/mol. The van der Waals surface area contributed by atoms with Gasteiger partial charge in [-0.1, -0.05) is 12.1 Å². The molecule has 0 aromatic heterocycles. The first-order valence-corrected chi connectivity index (χ1v) is 6.11. The zero-order valence-electron chi connectivity index (χ0n) is 10.4. The third kappa shape index (κ3) is 3.20. The van der Waals surface area contributed by atoms with Crippen LogP contribution < -0.4 is 5.32 Å². The molecule has 2 N–H and O–H groups in total. The number of carboxylic acids is 1. The van der Waals surface area contributed by atoms with Gasteiger partial charge in [0.15, 0.2) is 0 Å². The van der Waals surface area contributed by atoms with E-state index in [1.54, 1.807) is 6.07 Å². The monoisotopic (exact) mass is 311 g/mol. The van der Waals surface area contributed by atoms with Gasteiger partial charge in [0.25, 0.3) is 5.91 Å². The van der Waals surface area contributed by atoms with Crippen molar-refractivity contribution in [2.45, 2.75) is 20.8 Å². The highest BCUT2D eigenvalue weighted by Gasteiger charge is 2.14. The van der Waals surface area contributed by atoms with E-state index in [1.165, 1.54) is 13.8 Å². The van der Waals surface area contributed by atoms with Crippen LogP contribution in [0.15, 0.2) is 33.8 Å². The van der Waals surface area contributed by atoms with Crippen molar-refractivity contribution in [3.05, 3.63) is 39.4 Å². The number of benzene rings is 1. The molecule has 0 bridgehead atoms. The van der Waals surface area contributed by atoms with Crippen LogP contribution in [-0.4, -0.2) is 17.0 Å². The van der Waals surface area contributed by atoms with E-state index in [4.69, 9.17) is 5.11 Å². The largest absolute Gasteiger partial charge is 0.478 e. The molecule has 4 nitrogen and oxygen atoms in total. The molecule has 0 atom stereocenters. The normalized spacial score (nSPS) is 11.8. The van der Waals surface area contributed by atoms with Crippen LogP contribution >= 0.6 is 15.9 Å². The lowest BCUT2D eigenvalue weighted by atomic mass is 10.1. The Morgan fingerprint density at radius 3 is 2.39 bits per heavy atom. The number of hydrogen-bond donors (Lipinski definition) is 2. The number of rotatable bonds is 3. The average molecular weight is 312 g/mol. The highest BCUT2D eigenvalue weighted by atomic mass is 79.9. The summed E-state index contributed by atoms with van der Waals surface area (Å²) in [6.45, 7) is 4.80. The van der Waals surface area contributed by atoms with Crippen molar-refractivity contribution in [2.24, 2.45) is 0 Å². The third-order valence-corrected chi connectivity index (χ3v) is 3.72. The van der Waals surface area contributed by atoms with Crippen molar-refractivity contribution in [3.63, 3.8) is 0 Å². The van der Waals surface area contributed by atoms with E-state index in [-0.39, 0.29) is 11.1 Å². The molecular weight excluding hydrogens is 298 g/mol. The molecular formula is C13H14BrNO3. The molecule has 0 aliphatic rings. The molecule has 0 fully saturated rings. The minimum atomic E-state index is -1.09. The summed E-state index contributed by atoms with van der Waals surface area (Å²) >= 11 is 3.38. The van der Waals surface area contributed by atoms with Crippen molar-refractivity contribution in [1.82, 2.24) is 0 Å². The number of halogens is 1. The van der Waals surface area contributed by atoms with Gasteiger partial charge in [-0.2, -0.15) is 0 Å². The van der Waals surface area contributed by atoms with Crippen molar-refractivity contribution >= 4 is 33.5 Å². The molecule has 0 unspecified atom stereocenters. The zero-order valence-corrected chi connectivity index (χ0v) is 12.0. The van der Waals surface area contributed by atoms with Crippen LogP contribution in [0.4, 0.5) is 5.69 Å². The standard InChI is InChI=1S/C13H14BrNO3/c1-7-5-4-6-10(11(7)14)15-12(16)8(2)9(3)13(17)18/h4-6H,1-3H3,(H,15,16)(H,17,18)/b9-8+. The Hall–Kier alpha value is -1.62. The van der Waals surface area contributed by atoms with Gasteiger partial charge >= 0.3 is 5.97 Å². The predicted octanol–water partition coefficient (Wildman–Crippen LogP) is 3.12. The highest BCUT2D eigenvalue weighted by Crippen LogP contribution is 2.26. The summed E-state index contributed by atoms with van der Waals surface area (Å²) in [5.74, 6) is -1.51. The highest BCUT2D eigenvalue weighted by molar-refractivity contribution is 9.10. The number of nitrogens with one attached hydrogen (secondary N) is 1. The molecule has 0 heterocycles. The molecule has 1 aromatic rings. The maximum atomic E-state index is 11.9.